The van der Waals surface area contributed by atoms with Gasteiger partial charge in [0.15, 0.2) is 0 Å². The number of hydrogen-bond donors (Lipinski definition) is 1. The number of hydrogen-bond acceptors (Lipinski definition) is 5. The average molecular weight is 369 g/mol. The molecular formula is C20H40N4O2. The number of amides is 1. The summed E-state index contributed by atoms with van der Waals surface area (Å²) in [4.78, 5) is 20.1. The van der Waals surface area contributed by atoms with E-state index >= 15 is 0 Å². The van der Waals surface area contributed by atoms with Crippen molar-refractivity contribution in [3.8, 4) is 0 Å². The van der Waals surface area contributed by atoms with Crippen LogP contribution in [0.25, 0.3) is 0 Å². The first kappa shape index (κ1) is 21.6. The van der Waals surface area contributed by atoms with Crippen LogP contribution in [0.3, 0.4) is 0 Å². The number of rotatable bonds is 8. The number of ether oxygens (including phenoxy) is 1. The summed E-state index contributed by atoms with van der Waals surface area (Å²) in [6.45, 7) is 20.0. The molecule has 3 atom stereocenters. The second-order valence-electron chi connectivity index (χ2n) is 8.32. The molecule has 0 aromatic carbocycles. The lowest BCUT2D eigenvalue weighted by molar-refractivity contribution is -0.135. The normalized spacial score (nSPS) is 27.6. The van der Waals surface area contributed by atoms with Gasteiger partial charge < -0.3 is 19.9 Å². The smallest absolute Gasteiger partial charge is 0.237 e. The van der Waals surface area contributed by atoms with E-state index in [4.69, 9.17) is 4.74 Å². The predicted molar refractivity (Wildman–Crippen MR) is 106 cm³/mol. The molecule has 2 aliphatic heterocycles. The lowest BCUT2D eigenvalue weighted by Crippen LogP contribution is -2.57. The van der Waals surface area contributed by atoms with Crippen molar-refractivity contribution >= 4 is 5.91 Å². The molecule has 2 fully saturated rings. The number of nitrogens with zero attached hydrogens (tertiary/aromatic N) is 3. The Hall–Kier alpha value is -0.690. The molecule has 0 bridgehead atoms. The summed E-state index contributed by atoms with van der Waals surface area (Å²) < 4.78 is 5.83. The van der Waals surface area contributed by atoms with Gasteiger partial charge >= 0.3 is 0 Å². The van der Waals surface area contributed by atoms with Gasteiger partial charge in [-0.25, -0.2) is 0 Å². The molecular weight excluding hydrogens is 328 g/mol. The zero-order valence-corrected chi connectivity index (χ0v) is 17.5. The summed E-state index contributed by atoms with van der Waals surface area (Å²) in [6.07, 6.45) is 1.41. The Morgan fingerprint density at radius 3 is 2.19 bits per heavy atom. The lowest BCUT2D eigenvalue weighted by atomic mass is 9.99. The summed E-state index contributed by atoms with van der Waals surface area (Å²) in [7, 11) is 0. The Morgan fingerprint density at radius 2 is 1.65 bits per heavy atom. The van der Waals surface area contributed by atoms with Crippen LogP contribution in [-0.4, -0.2) is 97.8 Å². The van der Waals surface area contributed by atoms with Crippen molar-refractivity contribution in [2.75, 3.05) is 58.9 Å². The third kappa shape index (κ3) is 6.48. The molecule has 152 valence electrons. The minimum Gasteiger partial charge on any atom is -0.373 e. The number of piperazine rings is 1. The number of carbonyl (C=O) groups is 1. The summed E-state index contributed by atoms with van der Waals surface area (Å²) in [5.41, 5.74) is 0. The van der Waals surface area contributed by atoms with Gasteiger partial charge in [-0.2, -0.15) is 0 Å². The summed E-state index contributed by atoms with van der Waals surface area (Å²) >= 11 is 0. The zero-order chi connectivity index (χ0) is 19.1. The first-order valence-electron chi connectivity index (χ1n) is 10.5. The maximum Gasteiger partial charge on any atom is 0.237 e. The number of carbonyl (C=O) groups excluding carboxylic acids is 1. The molecule has 0 aromatic heterocycles. The van der Waals surface area contributed by atoms with E-state index in [-0.39, 0.29) is 24.2 Å². The van der Waals surface area contributed by atoms with Gasteiger partial charge in [0.2, 0.25) is 5.91 Å². The Kier molecular flexibility index (Phi) is 8.80. The zero-order valence-electron chi connectivity index (χ0n) is 17.5. The molecule has 2 rings (SSSR count). The van der Waals surface area contributed by atoms with Crippen LogP contribution >= 0.6 is 0 Å². The molecule has 2 saturated heterocycles. The van der Waals surface area contributed by atoms with Crippen molar-refractivity contribution in [2.24, 2.45) is 5.92 Å². The third-order valence-electron chi connectivity index (χ3n) is 5.60. The van der Waals surface area contributed by atoms with E-state index in [1.807, 2.05) is 0 Å². The van der Waals surface area contributed by atoms with Gasteiger partial charge in [0.1, 0.15) is 0 Å². The van der Waals surface area contributed by atoms with Crippen molar-refractivity contribution in [3.05, 3.63) is 0 Å². The van der Waals surface area contributed by atoms with Crippen LogP contribution in [0.4, 0.5) is 0 Å². The highest BCUT2D eigenvalue weighted by Crippen LogP contribution is 2.18. The quantitative estimate of drug-likeness (QED) is 0.654. The first-order valence-corrected chi connectivity index (χ1v) is 10.5. The van der Waals surface area contributed by atoms with E-state index in [0.29, 0.717) is 5.92 Å². The van der Waals surface area contributed by atoms with E-state index in [0.717, 1.165) is 52.2 Å². The van der Waals surface area contributed by atoms with Gasteiger partial charge in [0.05, 0.1) is 18.2 Å². The van der Waals surface area contributed by atoms with Crippen molar-refractivity contribution < 1.29 is 9.53 Å². The lowest BCUT2D eigenvalue weighted by Gasteiger charge is -2.41. The molecule has 0 aromatic rings. The molecule has 26 heavy (non-hydrogen) atoms. The molecule has 6 nitrogen and oxygen atoms in total. The van der Waals surface area contributed by atoms with Crippen LogP contribution in [0.5, 0.6) is 0 Å². The van der Waals surface area contributed by atoms with Crippen molar-refractivity contribution in [3.63, 3.8) is 0 Å². The number of morpholine rings is 1. The predicted octanol–water partition coefficient (Wildman–Crippen LogP) is 1.26. The van der Waals surface area contributed by atoms with Gasteiger partial charge in [0, 0.05) is 45.8 Å². The average Bonchev–Trinajstić information content (AvgIpc) is 2.58. The molecule has 0 saturated carbocycles. The van der Waals surface area contributed by atoms with Crippen LogP contribution in [0.15, 0.2) is 0 Å². The van der Waals surface area contributed by atoms with Crippen molar-refractivity contribution in [1.29, 1.82) is 0 Å². The Balaban J connectivity index is 1.72. The van der Waals surface area contributed by atoms with Gasteiger partial charge in [-0.1, -0.05) is 20.8 Å². The van der Waals surface area contributed by atoms with Crippen LogP contribution in [0.1, 0.15) is 41.0 Å². The van der Waals surface area contributed by atoms with Crippen LogP contribution in [0, 0.1) is 5.92 Å². The molecule has 3 unspecified atom stereocenters. The molecule has 0 radical (unpaired) electrons. The molecule has 1 amide bonds. The maximum atomic E-state index is 12.8. The minimum absolute atomic E-state index is 0.0584. The van der Waals surface area contributed by atoms with Gasteiger partial charge in [-0.05, 0) is 39.3 Å². The van der Waals surface area contributed by atoms with Crippen molar-refractivity contribution in [1.82, 2.24) is 20.0 Å². The van der Waals surface area contributed by atoms with E-state index in [9.17, 15) is 4.79 Å². The molecule has 6 heteroatoms. The topological polar surface area (TPSA) is 48.0 Å². The second-order valence-corrected chi connectivity index (χ2v) is 8.32. The van der Waals surface area contributed by atoms with Crippen molar-refractivity contribution in [2.45, 2.75) is 59.3 Å². The molecule has 1 N–H and O–H groups in total. The highest BCUT2D eigenvalue weighted by atomic mass is 16.5. The second kappa shape index (κ2) is 10.6. The van der Waals surface area contributed by atoms with E-state index < -0.39 is 0 Å². The molecule has 0 aliphatic carbocycles. The SMILES string of the molecule is CCN1CCN(CCCNC(=O)C(C(C)C)N2CC(C)OC(C)C2)CC1. The van der Waals surface area contributed by atoms with E-state index in [2.05, 4.69) is 54.6 Å². The summed E-state index contributed by atoms with van der Waals surface area (Å²) in [6, 6.07) is -0.0584. The van der Waals surface area contributed by atoms with Crippen LogP contribution in [0.2, 0.25) is 0 Å². The fraction of sp³-hybridized carbons (Fsp3) is 0.950. The van der Waals surface area contributed by atoms with E-state index in [1.54, 1.807) is 0 Å². The summed E-state index contributed by atoms with van der Waals surface area (Å²) in [5.74, 6) is 0.478. The minimum atomic E-state index is -0.0584. The number of nitrogens with one attached hydrogen (secondary N) is 1. The third-order valence-corrected chi connectivity index (χ3v) is 5.60. The highest BCUT2D eigenvalue weighted by Gasteiger charge is 2.33. The maximum absolute atomic E-state index is 12.8. The van der Waals surface area contributed by atoms with Crippen LogP contribution < -0.4 is 5.32 Å². The molecule has 2 heterocycles. The fourth-order valence-corrected chi connectivity index (χ4v) is 4.28. The van der Waals surface area contributed by atoms with Gasteiger partial charge in [-0.3, -0.25) is 9.69 Å². The number of likely N-dealkylation sites (N-methyl/N-ethyl adjacent to an activating group) is 1. The van der Waals surface area contributed by atoms with Crippen LogP contribution in [-0.2, 0) is 9.53 Å². The van der Waals surface area contributed by atoms with Gasteiger partial charge in [0.25, 0.3) is 0 Å². The largest absolute Gasteiger partial charge is 0.373 e. The Labute approximate surface area is 160 Å². The monoisotopic (exact) mass is 368 g/mol. The molecule has 0 spiro atoms. The van der Waals surface area contributed by atoms with E-state index in [1.165, 1.54) is 13.1 Å². The Bertz CT molecular complexity index is 414. The Morgan fingerprint density at radius 1 is 1.08 bits per heavy atom. The fourth-order valence-electron chi connectivity index (χ4n) is 4.28. The highest BCUT2D eigenvalue weighted by molar-refractivity contribution is 5.82. The molecule has 2 aliphatic rings. The standard InChI is InChI=1S/C20H40N4O2/c1-6-22-10-12-23(13-11-22)9-7-8-21-20(25)19(16(2)3)24-14-17(4)26-18(5)15-24/h16-19H,6-15H2,1-5H3,(H,21,25). The first-order chi connectivity index (χ1) is 12.4. The van der Waals surface area contributed by atoms with Gasteiger partial charge in [-0.15, -0.1) is 0 Å². The summed E-state index contributed by atoms with van der Waals surface area (Å²) in [5, 5.41) is 3.19.